The summed E-state index contributed by atoms with van der Waals surface area (Å²) in [5, 5.41) is 14.4. The maximum absolute atomic E-state index is 13.3. The number of aromatic nitrogens is 4. The lowest BCUT2D eigenvalue weighted by Crippen LogP contribution is -2.44. The largest absolute Gasteiger partial charge is 0.381 e. The van der Waals surface area contributed by atoms with Crippen LogP contribution in [-0.2, 0) is 17.7 Å². The molecule has 2 aromatic heterocycles. The van der Waals surface area contributed by atoms with E-state index >= 15 is 0 Å². The average molecular weight is 502 g/mol. The number of hydrogen-bond acceptors (Lipinski definition) is 6. The van der Waals surface area contributed by atoms with E-state index in [1.807, 2.05) is 18.3 Å². The predicted octanol–water partition coefficient (Wildman–Crippen LogP) is 3.95. The van der Waals surface area contributed by atoms with E-state index in [9.17, 15) is 4.79 Å². The Balaban J connectivity index is 1.30. The molecule has 1 atom stereocenters. The van der Waals surface area contributed by atoms with Gasteiger partial charge in [0.25, 0.3) is 0 Å². The Labute approximate surface area is 207 Å². The first-order chi connectivity index (χ1) is 16.6. The molecule has 4 heterocycles. The van der Waals surface area contributed by atoms with Gasteiger partial charge in [0, 0.05) is 38.2 Å². The summed E-state index contributed by atoms with van der Waals surface area (Å²) in [4.78, 5) is 24.2. The molecule has 9 nitrogen and oxygen atoms in total. The van der Waals surface area contributed by atoms with E-state index in [2.05, 4.69) is 25.8 Å². The zero-order valence-electron chi connectivity index (χ0n) is 18.4. The summed E-state index contributed by atoms with van der Waals surface area (Å²) in [6.07, 6.45) is 6.06. The average Bonchev–Trinajstić information content (AvgIpc) is 3.39. The number of H-pyrrole nitrogens is 1. The SMILES string of the molecule is O=C(N[C@H](c1ccc(Cl)c(Cl)c1)c1ccn[nH]1)N1CCc2cnc(NC3CCOCC3)nc2C1. The number of nitrogens with one attached hydrogen (secondary N) is 3. The monoisotopic (exact) mass is 501 g/mol. The van der Waals surface area contributed by atoms with E-state index in [0.29, 0.717) is 41.5 Å². The Morgan fingerprint density at radius 3 is 2.82 bits per heavy atom. The number of anilines is 1. The summed E-state index contributed by atoms with van der Waals surface area (Å²) in [5.41, 5.74) is 3.47. The highest BCUT2D eigenvalue weighted by Crippen LogP contribution is 2.29. The van der Waals surface area contributed by atoms with Gasteiger partial charge in [0.15, 0.2) is 0 Å². The highest BCUT2D eigenvalue weighted by Gasteiger charge is 2.27. The molecule has 2 amide bonds. The zero-order valence-corrected chi connectivity index (χ0v) is 19.9. The minimum Gasteiger partial charge on any atom is -0.381 e. The van der Waals surface area contributed by atoms with Gasteiger partial charge in [0.1, 0.15) is 0 Å². The van der Waals surface area contributed by atoms with E-state index in [1.54, 1.807) is 23.2 Å². The molecule has 0 radical (unpaired) electrons. The highest BCUT2D eigenvalue weighted by molar-refractivity contribution is 6.42. The van der Waals surface area contributed by atoms with E-state index < -0.39 is 6.04 Å². The van der Waals surface area contributed by atoms with Crippen molar-refractivity contribution in [2.75, 3.05) is 25.1 Å². The Morgan fingerprint density at radius 1 is 1.21 bits per heavy atom. The van der Waals surface area contributed by atoms with Crippen molar-refractivity contribution in [3.8, 4) is 0 Å². The number of ether oxygens (including phenoxy) is 1. The lowest BCUT2D eigenvalue weighted by Gasteiger charge is -2.30. The second-order valence-corrected chi connectivity index (χ2v) is 9.25. The van der Waals surface area contributed by atoms with Gasteiger partial charge < -0.3 is 20.3 Å². The maximum atomic E-state index is 13.3. The van der Waals surface area contributed by atoms with Crippen LogP contribution >= 0.6 is 23.2 Å². The van der Waals surface area contributed by atoms with Crippen LogP contribution in [0.2, 0.25) is 10.0 Å². The predicted molar refractivity (Wildman–Crippen MR) is 129 cm³/mol. The summed E-state index contributed by atoms with van der Waals surface area (Å²) in [6, 6.07) is 6.78. The minimum atomic E-state index is -0.456. The van der Waals surface area contributed by atoms with Crippen LogP contribution in [-0.4, -0.2) is 56.9 Å². The van der Waals surface area contributed by atoms with Crippen LogP contribution in [0.25, 0.3) is 0 Å². The summed E-state index contributed by atoms with van der Waals surface area (Å²) in [6.45, 7) is 2.47. The van der Waals surface area contributed by atoms with Gasteiger partial charge in [-0.2, -0.15) is 5.10 Å². The number of carbonyl (C=O) groups is 1. The molecule has 0 aliphatic carbocycles. The molecular formula is C23H25Cl2N7O2. The molecule has 0 unspecified atom stereocenters. The Kier molecular flexibility index (Phi) is 6.85. The fourth-order valence-corrected chi connectivity index (χ4v) is 4.55. The number of aromatic amines is 1. The first-order valence-electron chi connectivity index (χ1n) is 11.3. The van der Waals surface area contributed by atoms with Gasteiger partial charge in [0.05, 0.1) is 34.0 Å². The topological polar surface area (TPSA) is 108 Å². The van der Waals surface area contributed by atoms with E-state index in [1.165, 1.54) is 0 Å². The molecule has 11 heteroatoms. The molecule has 0 bridgehead atoms. The van der Waals surface area contributed by atoms with Crippen molar-refractivity contribution >= 4 is 35.2 Å². The molecule has 1 saturated heterocycles. The summed E-state index contributed by atoms with van der Waals surface area (Å²) in [5.74, 6) is 0.596. The fourth-order valence-electron chi connectivity index (χ4n) is 4.25. The van der Waals surface area contributed by atoms with Gasteiger partial charge in [-0.1, -0.05) is 29.3 Å². The van der Waals surface area contributed by atoms with Crippen molar-refractivity contribution in [2.24, 2.45) is 0 Å². The Bertz CT molecular complexity index is 1150. The normalized spacial score (nSPS) is 17.2. The molecule has 1 fully saturated rings. The van der Waals surface area contributed by atoms with Crippen LogP contribution in [0.3, 0.4) is 0 Å². The number of nitrogens with zero attached hydrogens (tertiary/aromatic N) is 4. The van der Waals surface area contributed by atoms with Crippen molar-refractivity contribution < 1.29 is 9.53 Å². The Morgan fingerprint density at radius 2 is 2.06 bits per heavy atom. The number of urea groups is 1. The molecule has 34 heavy (non-hydrogen) atoms. The van der Waals surface area contributed by atoms with Crippen LogP contribution < -0.4 is 10.6 Å². The molecule has 0 spiro atoms. The van der Waals surface area contributed by atoms with Crippen LogP contribution in [0, 0.1) is 0 Å². The zero-order chi connectivity index (χ0) is 23.5. The van der Waals surface area contributed by atoms with Crippen molar-refractivity contribution in [3.05, 3.63) is 69.2 Å². The fraction of sp³-hybridized carbons (Fsp3) is 0.391. The molecule has 5 rings (SSSR count). The molecule has 178 valence electrons. The number of benzene rings is 1. The van der Waals surface area contributed by atoms with E-state index in [0.717, 1.165) is 48.6 Å². The lowest BCUT2D eigenvalue weighted by atomic mass is 10.0. The minimum absolute atomic E-state index is 0.200. The third-order valence-electron chi connectivity index (χ3n) is 6.17. The first kappa shape index (κ1) is 22.9. The van der Waals surface area contributed by atoms with Crippen molar-refractivity contribution in [2.45, 2.75) is 37.9 Å². The molecule has 1 aromatic carbocycles. The highest BCUT2D eigenvalue weighted by atomic mass is 35.5. The standard InChI is InChI=1S/C23H25Cl2N7O2/c24-17-2-1-14(11-18(17)25)21(19-3-7-27-31-19)30-23(33)32-8-4-15-12-26-22(29-20(15)13-32)28-16-5-9-34-10-6-16/h1-3,7,11-12,16,21H,4-6,8-10,13H2,(H,27,31)(H,30,33)(H,26,28,29)/t21-/m1/s1. The quantitative estimate of drug-likeness (QED) is 0.488. The van der Waals surface area contributed by atoms with Gasteiger partial charge in [-0.3, -0.25) is 5.10 Å². The number of fused-ring (bicyclic) bond motifs is 1. The van der Waals surface area contributed by atoms with Crippen molar-refractivity contribution in [1.82, 2.24) is 30.4 Å². The van der Waals surface area contributed by atoms with Gasteiger partial charge in [-0.25, -0.2) is 14.8 Å². The lowest BCUT2D eigenvalue weighted by molar-refractivity contribution is 0.0903. The number of amides is 2. The van der Waals surface area contributed by atoms with Crippen LogP contribution in [0.1, 0.15) is 41.4 Å². The third kappa shape index (κ3) is 5.11. The second kappa shape index (κ2) is 10.2. The number of halogens is 2. The van der Waals surface area contributed by atoms with Crippen molar-refractivity contribution in [3.63, 3.8) is 0 Å². The molecular weight excluding hydrogens is 477 g/mol. The van der Waals surface area contributed by atoms with Gasteiger partial charge in [-0.05, 0) is 48.6 Å². The van der Waals surface area contributed by atoms with Crippen molar-refractivity contribution in [1.29, 1.82) is 0 Å². The number of carbonyl (C=O) groups excluding carboxylic acids is 1. The van der Waals surface area contributed by atoms with Crippen LogP contribution in [0.5, 0.6) is 0 Å². The molecule has 3 N–H and O–H groups in total. The van der Waals surface area contributed by atoms with Crippen LogP contribution in [0.4, 0.5) is 10.7 Å². The van der Waals surface area contributed by atoms with Gasteiger partial charge >= 0.3 is 6.03 Å². The summed E-state index contributed by atoms with van der Waals surface area (Å²) < 4.78 is 5.42. The molecule has 2 aliphatic heterocycles. The molecule has 3 aromatic rings. The van der Waals surface area contributed by atoms with Crippen LogP contribution in [0.15, 0.2) is 36.7 Å². The summed E-state index contributed by atoms with van der Waals surface area (Å²) in [7, 11) is 0. The van der Waals surface area contributed by atoms with Gasteiger partial charge in [0.2, 0.25) is 5.95 Å². The summed E-state index contributed by atoms with van der Waals surface area (Å²) >= 11 is 12.3. The maximum Gasteiger partial charge on any atom is 0.318 e. The van der Waals surface area contributed by atoms with Gasteiger partial charge in [-0.15, -0.1) is 0 Å². The Hall–Kier alpha value is -2.88. The number of rotatable bonds is 5. The number of hydrogen-bond donors (Lipinski definition) is 3. The van der Waals surface area contributed by atoms with E-state index in [4.69, 9.17) is 32.9 Å². The third-order valence-corrected chi connectivity index (χ3v) is 6.90. The molecule has 2 aliphatic rings. The first-order valence-corrected chi connectivity index (χ1v) is 12.0. The molecule has 0 saturated carbocycles. The van der Waals surface area contributed by atoms with E-state index in [-0.39, 0.29) is 6.03 Å². The smallest absolute Gasteiger partial charge is 0.318 e. The second-order valence-electron chi connectivity index (χ2n) is 8.44.